The van der Waals surface area contributed by atoms with Gasteiger partial charge >= 0.3 is 56.7 Å². The van der Waals surface area contributed by atoms with Gasteiger partial charge in [0.25, 0.3) is 0 Å². The predicted molar refractivity (Wildman–Crippen MR) is 9.06 cm³/mol. The predicted octanol–water partition coefficient (Wildman–Crippen LogP) is -3.79. The van der Waals surface area contributed by atoms with Crippen LogP contribution in [0.1, 0.15) is 0 Å². The van der Waals surface area contributed by atoms with Gasteiger partial charge in [0.1, 0.15) is 0 Å². The van der Waals surface area contributed by atoms with Crippen LogP contribution in [0.4, 0.5) is 0 Å². The van der Waals surface area contributed by atoms with Gasteiger partial charge in [-0.25, -0.2) is 0 Å². The van der Waals surface area contributed by atoms with Crippen LogP contribution in [-0.4, -0.2) is 26.4 Å². The number of rotatable bonds is 0. The van der Waals surface area contributed by atoms with Crippen LogP contribution in [0.5, 0.6) is 0 Å². The van der Waals surface area contributed by atoms with E-state index in [0.717, 1.165) is 0 Å². The fourth-order valence-electron chi connectivity index (χ4n) is 0. The van der Waals surface area contributed by atoms with Crippen LogP contribution in [0, 0.1) is 0 Å². The average Bonchev–Trinajstić information content (AvgIpc) is 0.918. The molecule has 0 aromatic carbocycles. The maximum atomic E-state index is 8.50. The Hall–Kier alpha value is 1.35. The van der Waals surface area contributed by atoms with Crippen molar-refractivity contribution in [2.24, 2.45) is 0 Å². The molecule has 0 aliphatic rings. The normalized spacial score (nSPS) is 2.40. The zero-order chi connectivity index (χ0) is 2.71. The van der Waals surface area contributed by atoms with Crippen LogP contribution >= 0.6 is 0 Å². The van der Waals surface area contributed by atoms with Gasteiger partial charge in [0.2, 0.25) is 0 Å². The summed E-state index contributed by atoms with van der Waals surface area (Å²) in [6.45, 7) is 0. The minimum absolute atomic E-state index is 0. The molecule has 5 heteroatoms. The molecule has 0 aliphatic carbocycles. The van der Waals surface area contributed by atoms with Crippen molar-refractivity contribution in [1.29, 1.82) is 0 Å². The van der Waals surface area contributed by atoms with Crippen molar-refractivity contribution in [2.75, 3.05) is 0 Å². The van der Waals surface area contributed by atoms with E-state index in [9.17, 15) is 0 Å². The molecule has 3 nitrogen and oxygen atoms in total. The summed E-state index contributed by atoms with van der Waals surface area (Å²) in [5.74, 6) is 0. The average molecular weight is 200 g/mol. The second-order valence-corrected chi connectivity index (χ2v) is 0.456. The Morgan fingerprint density at radius 3 is 1.20 bits per heavy atom. The van der Waals surface area contributed by atoms with E-state index in [1.165, 1.54) is 0 Å². The third-order valence-corrected chi connectivity index (χ3v) is 0. The van der Waals surface area contributed by atoms with Crippen molar-refractivity contribution in [3.05, 3.63) is 0 Å². The van der Waals surface area contributed by atoms with Crippen LogP contribution in [0.3, 0.4) is 0 Å². The minimum atomic E-state index is -2.03. The van der Waals surface area contributed by atoms with Crippen molar-refractivity contribution in [1.82, 2.24) is 0 Å². The molecule has 0 unspecified atom stereocenters. The summed E-state index contributed by atoms with van der Waals surface area (Å²) < 4.78 is 17.0. The Morgan fingerprint density at radius 2 is 1.20 bits per heavy atom. The molecule has 0 rings (SSSR count). The first-order valence-corrected chi connectivity index (χ1v) is 2.24. The van der Waals surface area contributed by atoms with Crippen LogP contribution in [0.15, 0.2) is 0 Å². The Balaban J connectivity index is -0.0000000200. The SMILES string of the molecule is O=[Te]=O.[Na+].[OH-]. The quantitative estimate of drug-likeness (QED) is 0.376. The van der Waals surface area contributed by atoms with Gasteiger partial charge in [0.05, 0.1) is 0 Å². The molecule has 0 aliphatic heterocycles. The molecule has 0 radical (unpaired) electrons. The zero-order valence-corrected chi connectivity index (χ0v) is 7.00. The van der Waals surface area contributed by atoms with Crippen molar-refractivity contribution >= 4 is 20.9 Å². The first-order chi connectivity index (χ1) is 1.41. The van der Waals surface area contributed by atoms with Crippen molar-refractivity contribution in [3.8, 4) is 0 Å². The van der Waals surface area contributed by atoms with E-state index < -0.39 is 20.9 Å². The van der Waals surface area contributed by atoms with Crippen molar-refractivity contribution < 1.29 is 41.2 Å². The monoisotopic (exact) mass is 202 g/mol. The Bertz CT molecular complexity index is 27.9. The zero-order valence-electron chi connectivity index (χ0n) is 2.67. The molecule has 5 heavy (non-hydrogen) atoms. The summed E-state index contributed by atoms with van der Waals surface area (Å²) in [5.41, 5.74) is 0. The number of hydrogen-bond acceptors (Lipinski definition) is 3. The van der Waals surface area contributed by atoms with E-state index in [0.29, 0.717) is 0 Å². The number of hydrogen-bond donors (Lipinski definition) is 0. The molecular formula is HNaO3Te. The third-order valence-electron chi connectivity index (χ3n) is 0. The molecule has 0 aromatic heterocycles. The molecular weight excluding hydrogens is 199 g/mol. The molecule has 1 N–H and O–H groups in total. The smallest absolute Gasteiger partial charge is 0.870 e. The maximum absolute atomic E-state index is 8.50. The first-order valence-electron chi connectivity index (χ1n) is 0.333. The Morgan fingerprint density at radius 1 is 1.20 bits per heavy atom. The summed E-state index contributed by atoms with van der Waals surface area (Å²) in [7, 11) is 0. The molecule has 26 valence electrons. The van der Waals surface area contributed by atoms with Gasteiger partial charge in [-0.15, -0.1) is 0 Å². The Kier molecular flexibility index (Phi) is 59.4. The van der Waals surface area contributed by atoms with Crippen molar-refractivity contribution in [2.45, 2.75) is 0 Å². The Labute approximate surface area is 61.6 Å². The van der Waals surface area contributed by atoms with Gasteiger partial charge < -0.3 is 5.48 Å². The molecule has 0 spiro atoms. The van der Waals surface area contributed by atoms with Gasteiger partial charge in [0.15, 0.2) is 0 Å². The van der Waals surface area contributed by atoms with E-state index in [-0.39, 0.29) is 35.0 Å². The van der Waals surface area contributed by atoms with Gasteiger partial charge in [-0.2, -0.15) is 0 Å². The summed E-state index contributed by atoms with van der Waals surface area (Å²) in [6, 6.07) is 0. The third kappa shape index (κ3) is 33.0. The van der Waals surface area contributed by atoms with E-state index in [1.807, 2.05) is 0 Å². The molecule has 0 fully saturated rings. The van der Waals surface area contributed by atoms with Crippen LogP contribution < -0.4 is 29.6 Å². The van der Waals surface area contributed by atoms with E-state index in [1.54, 1.807) is 0 Å². The summed E-state index contributed by atoms with van der Waals surface area (Å²) >= 11 is -2.03. The summed E-state index contributed by atoms with van der Waals surface area (Å²) in [6.07, 6.45) is 0. The second kappa shape index (κ2) is 18.3. The van der Waals surface area contributed by atoms with Gasteiger partial charge in [-0.3, -0.25) is 0 Å². The first kappa shape index (κ1) is 16.2. The minimum Gasteiger partial charge on any atom is -0.870 e. The standard InChI is InChI=1S/Na.O2Te.H2O/c;1-3-2;/h;;1H2/q+1;;/p-1. The van der Waals surface area contributed by atoms with Gasteiger partial charge in [-0.05, 0) is 0 Å². The molecule has 0 saturated carbocycles. The van der Waals surface area contributed by atoms with Crippen LogP contribution in [0.25, 0.3) is 0 Å². The van der Waals surface area contributed by atoms with E-state index in [2.05, 4.69) is 0 Å². The fraction of sp³-hybridized carbons (Fsp3) is 0. The molecule has 0 saturated heterocycles. The van der Waals surface area contributed by atoms with E-state index in [4.69, 9.17) is 6.21 Å². The van der Waals surface area contributed by atoms with Gasteiger partial charge in [0, 0.05) is 0 Å². The van der Waals surface area contributed by atoms with E-state index >= 15 is 0 Å². The molecule has 0 heterocycles. The largest absolute Gasteiger partial charge is 1.00 e. The summed E-state index contributed by atoms with van der Waals surface area (Å²) in [4.78, 5) is 0. The molecule has 0 atom stereocenters. The maximum Gasteiger partial charge on any atom is 1.00 e. The second-order valence-electron chi connectivity index (χ2n) is 0.0680. The van der Waals surface area contributed by atoms with Crippen molar-refractivity contribution in [3.63, 3.8) is 0 Å². The molecule has 0 aromatic rings. The molecule has 0 bridgehead atoms. The van der Waals surface area contributed by atoms with Gasteiger partial charge in [-0.1, -0.05) is 0 Å². The summed E-state index contributed by atoms with van der Waals surface area (Å²) in [5, 5.41) is 0. The molecule has 0 amide bonds. The topological polar surface area (TPSA) is 64.1 Å². The fourth-order valence-corrected chi connectivity index (χ4v) is 0. The van der Waals surface area contributed by atoms with Crippen LogP contribution in [-0.2, 0) is 6.21 Å². The van der Waals surface area contributed by atoms with Crippen LogP contribution in [0.2, 0.25) is 0 Å².